The Morgan fingerprint density at radius 2 is 2.14 bits per heavy atom. The third-order valence-electron chi connectivity index (χ3n) is 4.47. The van der Waals surface area contributed by atoms with Crippen LogP contribution in [-0.2, 0) is 11.3 Å². The average Bonchev–Trinajstić information content (AvgIpc) is 3.13. The average molecular weight is 305 g/mol. The maximum absolute atomic E-state index is 12.0. The van der Waals surface area contributed by atoms with Gasteiger partial charge in [-0.1, -0.05) is 44.5 Å². The summed E-state index contributed by atoms with van der Waals surface area (Å²) in [5.74, 6) is 0.606. The Bertz CT molecular complexity index is 698. The van der Waals surface area contributed by atoms with Crippen LogP contribution < -0.4 is 5.32 Å². The second kappa shape index (κ2) is 5.06. The Morgan fingerprint density at radius 1 is 1.43 bits per heavy atom. The Morgan fingerprint density at radius 3 is 2.76 bits per heavy atom. The predicted molar refractivity (Wildman–Crippen MR) is 86.6 cm³/mol. The monoisotopic (exact) mass is 304 g/mol. The molecule has 0 bridgehead atoms. The van der Waals surface area contributed by atoms with Crippen molar-refractivity contribution in [3.05, 3.63) is 34.5 Å². The first-order valence-corrected chi connectivity index (χ1v) is 7.87. The summed E-state index contributed by atoms with van der Waals surface area (Å²) in [5, 5.41) is 4.71. The second-order valence-electron chi connectivity index (χ2n) is 6.62. The van der Waals surface area contributed by atoms with E-state index in [4.69, 9.17) is 11.6 Å². The van der Waals surface area contributed by atoms with Gasteiger partial charge in [0.25, 0.3) is 0 Å². The first-order valence-electron chi connectivity index (χ1n) is 7.49. The van der Waals surface area contributed by atoms with Crippen molar-refractivity contribution in [1.29, 1.82) is 0 Å². The summed E-state index contributed by atoms with van der Waals surface area (Å²) in [6.45, 7) is 6.80. The fourth-order valence-electron chi connectivity index (χ4n) is 2.51. The molecule has 1 aromatic heterocycles. The molecule has 2 N–H and O–H groups in total. The minimum Gasteiger partial charge on any atom is -0.356 e. The number of aromatic nitrogens is 1. The van der Waals surface area contributed by atoms with Gasteiger partial charge in [-0.2, -0.15) is 0 Å². The molecule has 0 spiro atoms. The number of fused-ring (bicyclic) bond motifs is 1. The Labute approximate surface area is 130 Å². The summed E-state index contributed by atoms with van der Waals surface area (Å²) in [6.07, 6.45) is 1.97. The lowest BCUT2D eigenvalue weighted by molar-refractivity contribution is -0.125. The van der Waals surface area contributed by atoms with Gasteiger partial charge in [-0.3, -0.25) is 4.79 Å². The molecule has 0 saturated heterocycles. The van der Waals surface area contributed by atoms with Crippen molar-refractivity contribution in [3.8, 4) is 0 Å². The minimum atomic E-state index is -0.150. The van der Waals surface area contributed by atoms with Crippen LogP contribution in [0.5, 0.6) is 0 Å². The van der Waals surface area contributed by atoms with Crippen molar-refractivity contribution < 1.29 is 4.79 Å². The van der Waals surface area contributed by atoms with E-state index >= 15 is 0 Å². The van der Waals surface area contributed by atoms with Crippen LogP contribution in [0, 0.1) is 5.41 Å². The number of rotatable bonds is 4. The van der Waals surface area contributed by atoms with E-state index in [9.17, 15) is 4.79 Å². The number of halogens is 1. The van der Waals surface area contributed by atoms with Crippen LogP contribution in [0.1, 0.15) is 50.8 Å². The van der Waals surface area contributed by atoms with Gasteiger partial charge in [-0.15, -0.1) is 0 Å². The SMILES string of the molecule is CC(C)c1ccc2c(Cl)c(CNC(=O)C3(C)CC3)[nH]c2c1. The molecule has 1 aromatic carbocycles. The van der Waals surface area contributed by atoms with Crippen molar-refractivity contribution in [1.82, 2.24) is 10.3 Å². The molecular weight excluding hydrogens is 284 g/mol. The fraction of sp³-hybridized carbons (Fsp3) is 0.471. The van der Waals surface area contributed by atoms with E-state index in [-0.39, 0.29) is 11.3 Å². The normalized spacial score (nSPS) is 16.4. The fourth-order valence-corrected chi connectivity index (χ4v) is 2.79. The number of carbonyl (C=O) groups excluding carboxylic acids is 1. The third kappa shape index (κ3) is 2.67. The van der Waals surface area contributed by atoms with Gasteiger partial charge in [0.05, 0.1) is 17.3 Å². The Hall–Kier alpha value is -1.48. The first-order chi connectivity index (χ1) is 9.90. The number of carbonyl (C=O) groups is 1. The van der Waals surface area contributed by atoms with Gasteiger partial charge in [-0.25, -0.2) is 0 Å². The summed E-state index contributed by atoms with van der Waals surface area (Å²) < 4.78 is 0. The molecule has 112 valence electrons. The second-order valence-corrected chi connectivity index (χ2v) is 7.00. The smallest absolute Gasteiger partial charge is 0.226 e. The van der Waals surface area contributed by atoms with Gasteiger partial charge < -0.3 is 10.3 Å². The maximum Gasteiger partial charge on any atom is 0.226 e. The van der Waals surface area contributed by atoms with Crippen molar-refractivity contribution in [3.63, 3.8) is 0 Å². The maximum atomic E-state index is 12.0. The molecule has 1 aliphatic rings. The lowest BCUT2D eigenvalue weighted by Crippen LogP contribution is -2.29. The standard InChI is InChI=1S/C17H21ClN2O/c1-10(2)11-4-5-12-13(8-11)20-14(15(12)18)9-19-16(21)17(3)6-7-17/h4-5,8,10,20H,6-7,9H2,1-3H3,(H,19,21). The predicted octanol–water partition coefficient (Wildman–Crippen LogP) is 4.36. The highest BCUT2D eigenvalue weighted by atomic mass is 35.5. The van der Waals surface area contributed by atoms with Crippen molar-refractivity contribution in [2.75, 3.05) is 0 Å². The van der Waals surface area contributed by atoms with Crippen LogP contribution in [0.25, 0.3) is 10.9 Å². The van der Waals surface area contributed by atoms with Crippen molar-refractivity contribution >= 4 is 28.4 Å². The van der Waals surface area contributed by atoms with Gasteiger partial charge in [0.2, 0.25) is 5.91 Å². The zero-order valence-corrected chi connectivity index (χ0v) is 13.5. The summed E-state index contributed by atoms with van der Waals surface area (Å²) in [6, 6.07) is 6.30. The van der Waals surface area contributed by atoms with Crippen LogP contribution >= 0.6 is 11.6 Å². The third-order valence-corrected chi connectivity index (χ3v) is 4.90. The highest BCUT2D eigenvalue weighted by molar-refractivity contribution is 6.36. The first kappa shape index (κ1) is 14.5. The van der Waals surface area contributed by atoms with Gasteiger partial charge in [0, 0.05) is 16.3 Å². The number of hydrogen-bond donors (Lipinski definition) is 2. The summed E-state index contributed by atoms with van der Waals surface area (Å²) in [4.78, 5) is 15.3. The minimum absolute atomic E-state index is 0.125. The van der Waals surface area contributed by atoms with Crippen molar-refractivity contribution in [2.24, 2.45) is 5.41 Å². The van der Waals surface area contributed by atoms with Gasteiger partial charge in [0.1, 0.15) is 0 Å². The molecule has 0 radical (unpaired) electrons. The lowest BCUT2D eigenvalue weighted by atomic mass is 10.0. The van der Waals surface area contributed by atoms with Gasteiger partial charge >= 0.3 is 0 Å². The molecule has 0 unspecified atom stereocenters. The molecule has 21 heavy (non-hydrogen) atoms. The van der Waals surface area contributed by atoms with E-state index in [1.54, 1.807) is 0 Å². The lowest BCUT2D eigenvalue weighted by Gasteiger charge is -2.09. The highest BCUT2D eigenvalue weighted by Gasteiger charge is 2.44. The molecule has 1 saturated carbocycles. The molecule has 3 nitrogen and oxygen atoms in total. The summed E-state index contributed by atoms with van der Waals surface area (Å²) in [7, 11) is 0. The summed E-state index contributed by atoms with van der Waals surface area (Å²) in [5.41, 5.74) is 3.04. The number of H-pyrrole nitrogens is 1. The van der Waals surface area contributed by atoms with Crippen LogP contribution in [0.2, 0.25) is 5.02 Å². The molecule has 0 atom stereocenters. The zero-order valence-electron chi connectivity index (χ0n) is 12.7. The molecule has 1 fully saturated rings. The highest BCUT2D eigenvalue weighted by Crippen LogP contribution is 2.45. The topological polar surface area (TPSA) is 44.9 Å². The molecule has 1 amide bonds. The van der Waals surface area contributed by atoms with Crippen LogP contribution in [-0.4, -0.2) is 10.9 Å². The molecule has 3 rings (SSSR count). The molecular formula is C17H21ClN2O. The van der Waals surface area contributed by atoms with E-state index in [1.165, 1.54) is 5.56 Å². The Balaban J connectivity index is 1.82. The largest absolute Gasteiger partial charge is 0.356 e. The van der Waals surface area contributed by atoms with Crippen molar-refractivity contribution in [2.45, 2.75) is 46.1 Å². The van der Waals surface area contributed by atoms with E-state index in [1.807, 2.05) is 6.92 Å². The van der Waals surface area contributed by atoms with Crippen LogP contribution in [0.4, 0.5) is 0 Å². The van der Waals surface area contributed by atoms with Gasteiger partial charge in [0.15, 0.2) is 0 Å². The number of benzene rings is 1. The van der Waals surface area contributed by atoms with Gasteiger partial charge in [-0.05, 0) is 30.4 Å². The van der Waals surface area contributed by atoms with Crippen LogP contribution in [0.15, 0.2) is 18.2 Å². The molecule has 2 aromatic rings. The number of aromatic amines is 1. The van der Waals surface area contributed by atoms with E-state index in [0.29, 0.717) is 17.5 Å². The zero-order chi connectivity index (χ0) is 15.2. The number of amides is 1. The van der Waals surface area contributed by atoms with Crippen LogP contribution in [0.3, 0.4) is 0 Å². The Kier molecular flexibility index (Phi) is 3.48. The molecule has 4 heteroatoms. The quantitative estimate of drug-likeness (QED) is 0.866. The number of hydrogen-bond acceptors (Lipinski definition) is 1. The van der Waals surface area contributed by atoms with E-state index in [2.05, 4.69) is 42.3 Å². The number of nitrogens with one attached hydrogen (secondary N) is 2. The molecule has 0 aliphatic heterocycles. The van der Waals surface area contributed by atoms with E-state index in [0.717, 1.165) is 29.4 Å². The summed E-state index contributed by atoms with van der Waals surface area (Å²) >= 11 is 6.42. The molecule has 1 aliphatic carbocycles. The molecule has 1 heterocycles. The van der Waals surface area contributed by atoms with E-state index < -0.39 is 0 Å².